The van der Waals surface area contributed by atoms with Crippen LogP contribution < -0.4 is 0 Å². The van der Waals surface area contributed by atoms with Gasteiger partial charge in [0, 0.05) is 23.9 Å². The van der Waals surface area contributed by atoms with Crippen molar-refractivity contribution in [2.24, 2.45) is 0 Å². The van der Waals surface area contributed by atoms with Crippen LogP contribution in [0, 0.1) is 0 Å². The van der Waals surface area contributed by atoms with E-state index in [1.165, 1.54) is 64.2 Å². The van der Waals surface area contributed by atoms with E-state index in [9.17, 15) is 0 Å². The first-order valence-corrected chi connectivity index (χ1v) is 20.4. The molecule has 0 N–H and O–H groups in total. The summed E-state index contributed by atoms with van der Waals surface area (Å²) in [5.41, 5.74) is 0. The summed E-state index contributed by atoms with van der Waals surface area (Å²) in [6.07, 6.45) is 14.7. The van der Waals surface area contributed by atoms with E-state index >= 15 is 0 Å². The van der Waals surface area contributed by atoms with Crippen molar-refractivity contribution >= 4 is 64.8 Å². The molecule has 0 saturated carbocycles. The molecule has 0 saturated heterocycles. The Morgan fingerprint density at radius 2 is 0.826 bits per heavy atom. The molecule has 0 rings (SSSR count). The van der Waals surface area contributed by atoms with E-state index in [0.29, 0.717) is 0 Å². The number of hydrogen-bond acceptors (Lipinski definition) is 0. The van der Waals surface area contributed by atoms with Crippen molar-refractivity contribution in [3.05, 3.63) is 0 Å². The minimum atomic E-state index is -0.839. The second-order valence-electron chi connectivity index (χ2n) is 6.52. The van der Waals surface area contributed by atoms with Crippen LogP contribution in [0.15, 0.2) is 0 Å². The van der Waals surface area contributed by atoms with Crippen molar-refractivity contribution in [2.45, 2.75) is 121 Å². The largest absolute Gasteiger partial charge is 0 e. The molecule has 23 heavy (non-hydrogen) atoms. The molecule has 0 aromatic rings. The van der Waals surface area contributed by atoms with Crippen molar-refractivity contribution in [3.8, 4) is 0 Å². The third-order valence-corrected chi connectivity index (χ3v) is 17.2. The van der Waals surface area contributed by atoms with E-state index in [1.807, 2.05) is 0 Å². The Hall–Kier alpha value is 2.40. The van der Waals surface area contributed by atoms with Gasteiger partial charge in [0.05, 0.1) is 0 Å². The van der Waals surface area contributed by atoms with Gasteiger partial charge in [-0.05, 0) is 0 Å². The molecule has 0 aliphatic rings. The molecule has 0 atom stereocenters. The Morgan fingerprint density at radius 3 is 1.09 bits per heavy atom. The molecular formula is C20H45Sn3. The standard InChI is InChI=1S/5C4H9.3Sn/c5*1-3-4-2;;;/h5*1,3-4H2,2H3;;;. The molecule has 0 heterocycles. The first-order chi connectivity index (χ1) is 10.8. The van der Waals surface area contributed by atoms with Crippen molar-refractivity contribution < 1.29 is 0 Å². The average Bonchev–Trinajstić information content (AvgIpc) is 2.55. The van der Waals surface area contributed by atoms with E-state index in [-0.39, 0.29) is 45.0 Å². The Kier molecular flexibility index (Phi) is 38.2. The van der Waals surface area contributed by atoms with Gasteiger partial charge in [0.15, 0.2) is 0 Å². The van der Waals surface area contributed by atoms with Crippen LogP contribution in [-0.4, -0.2) is 64.8 Å². The summed E-state index contributed by atoms with van der Waals surface area (Å²) in [6, 6.07) is 0. The Balaban J connectivity index is -0.000000354. The van der Waals surface area contributed by atoms with E-state index in [0.717, 1.165) is 0 Å². The maximum absolute atomic E-state index is 2.33. The van der Waals surface area contributed by atoms with E-state index in [4.69, 9.17) is 0 Å². The van der Waals surface area contributed by atoms with Gasteiger partial charge < -0.3 is 0 Å². The predicted octanol–water partition coefficient (Wildman–Crippen LogP) is 7.63. The van der Waals surface area contributed by atoms with Gasteiger partial charge in [-0.3, -0.25) is 0 Å². The van der Waals surface area contributed by atoms with Crippen molar-refractivity contribution in [1.29, 1.82) is 0 Å². The normalized spacial score (nSPS) is 10.2. The Labute approximate surface area is 184 Å². The second-order valence-corrected chi connectivity index (χ2v) is 19.4. The molecule has 0 aromatic carbocycles. The molecular weight excluding hydrogens is 596 g/mol. The second kappa shape index (κ2) is 29.2. The monoisotopic (exact) mass is 645 g/mol. The van der Waals surface area contributed by atoms with Crippen LogP contribution in [0.1, 0.15) is 98.8 Å². The summed E-state index contributed by atoms with van der Waals surface area (Å²) in [5.74, 6) is 0. The maximum atomic E-state index is 2.33. The summed E-state index contributed by atoms with van der Waals surface area (Å²) < 4.78 is 8.29. The molecule has 7 radical (unpaired) electrons. The zero-order valence-corrected chi connectivity index (χ0v) is 25.7. The van der Waals surface area contributed by atoms with Gasteiger partial charge in [-0.15, -0.1) is 0 Å². The van der Waals surface area contributed by atoms with Gasteiger partial charge in [0.25, 0.3) is 0 Å². The fourth-order valence-corrected chi connectivity index (χ4v) is 16.0. The third kappa shape index (κ3) is 29.4. The Morgan fingerprint density at radius 1 is 0.522 bits per heavy atom. The smallest absolute Gasteiger partial charge is 0 e. The molecule has 0 amide bonds. The van der Waals surface area contributed by atoms with Crippen LogP contribution in [0.5, 0.6) is 0 Å². The van der Waals surface area contributed by atoms with Crippen LogP contribution >= 0.6 is 0 Å². The summed E-state index contributed by atoms with van der Waals surface area (Å²) in [7, 11) is 0. The fourth-order valence-electron chi connectivity index (χ4n) is 2.38. The Bertz CT molecular complexity index is 149. The van der Waals surface area contributed by atoms with Gasteiger partial charge in [-0.25, -0.2) is 0 Å². The third-order valence-electron chi connectivity index (χ3n) is 4.07. The quantitative estimate of drug-likeness (QED) is 0.128. The van der Waals surface area contributed by atoms with E-state index in [1.54, 1.807) is 22.2 Å². The van der Waals surface area contributed by atoms with Crippen molar-refractivity contribution in [2.75, 3.05) is 0 Å². The molecule has 137 valence electrons. The zero-order chi connectivity index (χ0) is 16.9. The molecule has 3 heteroatoms. The minimum Gasteiger partial charge on any atom is 0 e. The molecule has 0 fully saturated rings. The van der Waals surface area contributed by atoms with Gasteiger partial charge >= 0.3 is 162 Å². The average molecular weight is 642 g/mol. The molecule has 0 aliphatic carbocycles. The topological polar surface area (TPSA) is 0 Å². The summed E-state index contributed by atoms with van der Waals surface area (Å²) in [5, 5.41) is 0. The number of rotatable bonds is 15. The van der Waals surface area contributed by atoms with Gasteiger partial charge in [-0.2, -0.15) is 0 Å². The molecule has 0 spiro atoms. The SMILES string of the molecule is CCC[CH2][Sn]([CH2]CCC)[CH2]CCC.CCC[CH2][Sn][CH2]CCC.[Sn]. The molecule has 0 aliphatic heterocycles. The van der Waals surface area contributed by atoms with Crippen molar-refractivity contribution in [3.63, 3.8) is 0 Å². The molecule has 0 aromatic heterocycles. The fraction of sp³-hybridized carbons (Fsp3) is 1.00. The minimum absolute atomic E-state index is 0. The summed E-state index contributed by atoms with van der Waals surface area (Å²) in [6.45, 7) is 11.6. The van der Waals surface area contributed by atoms with E-state index < -0.39 is 19.8 Å². The van der Waals surface area contributed by atoms with Gasteiger partial charge in [0.2, 0.25) is 0 Å². The van der Waals surface area contributed by atoms with E-state index in [2.05, 4.69) is 34.6 Å². The van der Waals surface area contributed by atoms with Crippen molar-refractivity contribution in [1.82, 2.24) is 0 Å². The molecule has 0 unspecified atom stereocenters. The van der Waals surface area contributed by atoms with Crippen LogP contribution in [0.4, 0.5) is 0 Å². The molecule has 0 bridgehead atoms. The van der Waals surface area contributed by atoms with Crippen LogP contribution in [0.3, 0.4) is 0 Å². The number of unbranched alkanes of at least 4 members (excludes halogenated alkanes) is 5. The summed E-state index contributed by atoms with van der Waals surface area (Å²) in [4.78, 5) is 0. The zero-order valence-electron chi connectivity index (χ0n) is 17.1. The van der Waals surface area contributed by atoms with Gasteiger partial charge in [-0.1, -0.05) is 0 Å². The van der Waals surface area contributed by atoms with Crippen LogP contribution in [0.2, 0.25) is 22.2 Å². The van der Waals surface area contributed by atoms with Gasteiger partial charge in [0.1, 0.15) is 0 Å². The first kappa shape index (κ1) is 30.1. The van der Waals surface area contributed by atoms with Crippen LogP contribution in [-0.2, 0) is 0 Å². The first-order valence-electron chi connectivity index (χ1n) is 10.3. The number of hydrogen-bond donors (Lipinski definition) is 0. The van der Waals surface area contributed by atoms with Crippen LogP contribution in [0.25, 0.3) is 0 Å². The maximum Gasteiger partial charge on any atom is 0 e. The predicted molar refractivity (Wildman–Crippen MR) is 116 cm³/mol. The summed E-state index contributed by atoms with van der Waals surface area (Å²) >= 11 is -0.690. The molecule has 0 nitrogen and oxygen atoms in total.